The summed E-state index contributed by atoms with van der Waals surface area (Å²) in [7, 11) is 0. The van der Waals surface area contributed by atoms with Gasteiger partial charge in [0.1, 0.15) is 0 Å². The Morgan fingerprint density at radius 1 is 0.952 bits per heavy atom. The molecule has 1 atom stereocenters. The van der Waals surface area contributed by atoms with Crippen molar-refractivity contribution >= 4 is 0 Å². The number of aromatic nitrogens is 2. The summed E-state index contributed by atoms with van der Waals surface area (Å²) in [5, 5.41) is 0. The summed E-state index contributed by atoms with van der Waals surface area (Å²) in [5.41, 5.74) is 1.03. The molecule has 0 amide bonds. The smallest absolute Gasteiger partial charge is 0.159 e. The maximum atomic E-state index is 6.02. The maximum Gasteiger partial charge on any atom is 0.159 e. The molecule has 0 aliphatic heterocycles. The second-order valence-electron chi connectivity index (χ2n) is 5.28. The third-order valence-electron chi connectivity index (χ3n) is 3.45. The highest BCUT2D eigenvalue weighted by Crippen LogP contribution is 2.19. The summed E-state index contributed by atoms with van der Waals surface area (Å²) >= 11 is 0. The zero-order valence-electron chi connectivity index (χ0n) is 13.0. The third-order valence-corrected chi connectivity index (χ3v) is 3.45. The van der Waals surface area contributed by atoms with E-state index in [1.165, 1.54) is 12.8 Å². The zero-order valence-corrected chi connectivity index (χ0v) is 13.0. The highest BCUT2D eigenvalue weighted by molar-refractivity contribution is 5.54. The first-order valence-corrected chi connectivity index (χ1v) is 7.87. The summed E-state index contributed by atoms with van der Waals surface area (Å²) in [6.45, 7) is 4.40. The number of hydrogen-bond acceptors (Lipinski definition) is 3. The van der Waals surface area contributed by atoms with E-state index in [0.29, 0.717) is 0 Å². The Bertz CT molecular complexity index is 511. The van der Waals surface area contributed by atoms with Gasteiger partial charge in [0.05, 0.1) is 18.5 Å². The topological polar surface area (TPSA) is 35.0 Å². The molecule has 112 valence electrons. The number of benzene rings is 1. The van der Waals surface area contributed by atoms with Crippen molar-refractivity contribution in [2.24, 2.45) is 0 Å². The van der Waals surface area contributed by atoms with Crippen molar-refractivity contribution in [2.45, 2.75) is 52.1 Å². The summed E-state index contributed by atoms with van der Waals surface area (Å²) in [5.74, 6) is 1.51. The fourth-order valence-electron chi connectivity index (χ4n) is 2.32. The fraction of sp³-hybridized carbons (Fsp3) is 0.444. The fourth-order valence-corrected chi connectivity index (χ4v) is 2.32. The van der Waals surface area contributed by atoms with Crippen LogP contribution in [0, 0.1) is 0 Å². The second kappa shape index (κ2) is 8.40. The highest BCUT2D eigenvalue weighted by Gasteiger charge is 2.10. The van der Waals surface area contributed by atoms with Crippen LogP contribution >= 0.6 is 0 Å². The van der Waals surface area contributed by atoms with E-state index in [2.05, 4.69) is 23.8 Å². The molecule has 0 aliphatic rings. The minimum absolute atomic E-state index is 0.279. The molecule has 1 unspecified atom stereocenters. The van der Waals surface area contributed by atoms with Gasteiger partial charge in [-0.15, -0.1) is 0 Å². The van der Waals surface area contributed by atoms with Crippen LogP contribution in [0.25, 0.3) is 11.4 Å². The average Bonchev–Trinajstić information content (AvgIpc) is 2.54. The van der Waals surface area contributed by atoms with Gasteiger partial charge in [-0.3, -0.25) is 0 Å². The number of unbranched alkanes of at least 4 members (excludes halogenated alkanes) is 1. The predicted molar refractivity (Wildman–Crippen MR) is 86.3 cm³/mol. The van der Waals surface area contributed by atoms with Crippen LogP contribution in [-0.2, 0) is 0 Å². The third kappa shape index (κ3) is 4.85. The minimum atomic E-state index is 0.279. The van der Waals surface area contributed by atoms with Crippen molar-refractivity contribution in [3.05, 3.63) is 42.7 Å². The quantitative estimate of drug-likeness (QED) is 0.693. The van der Waals surface area contributed by atoms with Crippen molar-refractivity contribution in [1.82, 2.24) is 9.97 Å². The monoisotopic (exact) mass is 284 g/mol. The normalized spacial score (nSPS) is 12.1. The molecule has 0 aliphatic carbocycles. The van der Waals surface area contributed by atoms with E-state index in [9.17, 15) is 0 Å². The van der Waals surface area contributed by atoms with E-state index < -0.39 is 0 Å². The lowest BCUT2D eigenvalue weighted by atomic mass is 10.1. The molecule has 0 saturated heterocycles. The van der Waals surface area contributed by atoms with Gasteiger partial charge in [-0.1, -0.05) is 63.4 Å². The van der Waals surface area contributed by atoms with Crippen LogP contribution in [0.15, 0.2) is 42.7 Å². The Morgan fingerprint density at radius 2 is 1.67 bits per heavy atom. The number of rotatable bonds is 8. The van der Waals surface area contributed by atoms with E-state index in [1.807, 2.05) is 30.3 Å². The van der Waals surface area contributed by atoms with Gasteiger partial charge >= 0.3 is 0 Å². The minimum Gasteiger partial charge on any atom is -0.487 e. The average molecular weight is 284 g/mol. The highest BCUT2D eigenvalue weighted by atomic mass is 16.5. The van der Waals surface area contributed by atoms with E-state index >= 15 is 0 Å². The van der Waals surface area contributed by atoms with E-state index in [0.717, 1.165) is 36.4 Å². The number of hydrogen-bond donors (Lipinski definition) is 0. The second-order valence-corrected chi connectivity index (χ2v) is 5.28. The standard InChI is InChI=1S/C18H24N2O/c1-3-5-12-16(9-4-2)21-17-13-19-18(20-14-17)15-10-7-6-8-11-15/h6-8,10-11,13-14,16H,3-5,9,12H2,1-2H3. The summed E-state index contributed by atoms with van der Waals surface area (Å²) in [4.78, 5) is 8.81. The Morgan fingerprint density at radius 3 is 2.29 bits per heavy atom. The first-order valence-electron chi connectivity index (χ1n) is 7.87. The lowest BCUT2D eigenvalue weighted by Gasteiger charge is -2.18. The van der Waals surface area contributed by atoms with Gasteiger partial charge in [0.25, 0.3) is 0 Å². The number of ether oxygens (including phenoxy) is 1. The van der Waals surface area contributed by atoms with Crippen LogP contribution in [0.5, 0.6) is 5.75 Å². The molecule has 0 N–H and O–H groups in total. The molecule has 1 aromatic carbocycles. The zero-order chi connectivity index (χ0) is 14.9. The summed E-state index contributed by atoms with van der Waals surface area (Å²) in [6, 6.07) is 9.99. The molecular formula is C18H24N2O. The lowest BCUT2D eigenvalue weighted by molar-refractivity contribution is 0.175. The Balaban J connectivity index is 2.01. The first-order chi connectivity index (χ1) is 10.3. The molecule has 2 aromatic rings. The molecule has 2 rings (SSSR count). The van der Waals surface area contributed by atoms with Gasteiger partial charge < -0.3 is 4.74 Å². The molecule has 0 bridgehead atoms. The lowest BCUT2D eigenvalue weighted by Crippen LogP contribution is -2.16. The largest absolute Gasteiger partial charge is 0.487 e. The van der Waals surface area contributed by atoms with Gasteiger partial charge in [-0.2, -0.15) is 0 Å². The predicted octanol–water partition coefficient (Wildman–Crippen LogP) is 4.88. The number of nitrogens with zero attached hydrogens (tertiary/aromatic N) is 2. The van der Waals surface area contributed by atoms with E-state index in [4.69, 9.17) is 4.74 Å². The van der Waals surface area contributed by atoms with Crippen LogP contribution in [0.4, 0.5) is 0 Å². The van der Waals surface area contributed by atoms with E-state index in [1.54, 1.807) is 12.4 Å². The van der Waals surface area contributed by atoms with Gasteiger partial charge in [0, 0.05) is 5.56 Å². The van der Waals surface area contributed by atoms with Crippen LogP contribution in [0.1, 0.15) is 46.0 Å². The SMILES string of the molecule is CCCCC(CCC)Oc1cnc(-c2ccccc2)nc1. The van der Waals surface area contributed by atoms with Crippen LogP contribution < -0.4 is 4.74 Å². The molecule has 3 nitrogen and oxygen atoms in total. The first kappa shape index (κ1) is 15.5. The maximum absolute atomic E-state index is 6.02. The molecule has 1 aromatic heterocycles. The summed E-state index contributed by atoms with van der Waals surface area (Å²) < 4.78 is 6.02. The molecule has 21 heavy (non-hydrogen) atoms. The molecular weight excluding hydrogens is 260 g/mol. The molecule has 0 fully saturated rings. The van der Waals surface area contributed by atoms with Crippen molar-refractivity contribution < 1.29 is 4.74 Å². The Labute approximate surface area is 127 Å². The Hall–Kier alpha value is -1.90. The van der Waals surface area contributed by atoms with Crippen LogP contribution in [0.3, 0.4) is 0 Å². The van der Waals surface area contributed by atoms with Crippen molar-refractivity contribution in [1.29, 1.82) is 0 Å². The molecule has 3 heteroatoms. The molecule has 1 heterocycles. The van der Waals surface area contributed by atoms with Crippen molar-refractivity contribution in [3.8, 4) is 17.1 Å². The summed E-state index contributed by atoms with van der Waals surface area (Å²) in [6.07, 6.45) is 9.57. The molecule has 0 saturated carbocycles. The van der Waals surface area contributed by atoms with Gasteiger partial charge in [0.15, 0.2) is 11.6 Å². The van der Waals surface area contributed by atoms with E-state index in [-0.39, 0.29) is 6.10 Å². The molecule has 0 radical (unpaired) electrons. The van der Waals surface area contributed by atoms with Gasteiger partial charge in [-0.25, -0.2) is 9.97 Å². The van der Waals surface area contributed by atoms with Gasteiger partial charge in [0.2, 0.25) is 0 Å². The Kier molecular flexibility index (Phi) is 6.20. The van der Waals surface area contributed by atoms with Gasteiger partial charge in [-0.05, 0) is 12.8 Å². The van der Waals surface area contributed by atoms with Crippen LogP contribution in [-0.4, -0.2) is 16.1 Å². The van der Waals surface area contributed by atoms with Crippen LogP contribution in [0.2, 0.25) is 0 Å². The van der Waals surface area contributed by atoms with Crippen molar-refractivity contribution in [2.75, 3.05) is 0 Å². The molecule has 0 spiro atoms. The van der Waals surface area contributed by atoms with Crippen molar-refractivity contribution in [3.63, 3.8) is 0 Å².